The van der Waals surface area contributed by atoms with Crippen LogP contribution in [0.1, 0.15) is 25.7 Å². The molecule has 112 valence electrons. The van der Waals surface area contributed by atoms with E-state index in [-0.39, 0.29) is 5.91 Å². The number of ether oxygens (including phenoxy) is 1. The van der Waals surface area contributed by atoms with Crippen molar-refractivity contribution in [3.05, 3.63) is 0 Å². The summed E-state index contributed by atoms with van der Waals surface area (Å²) in [5, 5.41) is 3.18. The molecule has 3 heterocycles. The SMILES string of the molecule is O=C1CCC2CC3C(CC2N1)NNC3N1CCOCC1. The third-order valence-corrected chi connectivity index (χ3v) is 5.52. The van der Waals surface area contributed by atoms with Crippen LogP contribution in [0.4, 0.5) is 0 Å². The van der Waals surface area contributed by atoms with Crippen molar-refractivity contribution < 1.29 is 9.53 Å². The molecule has 1 saturated carbocycles. The fraction of sp³-hybridized carbons (Fsp3) is 0.929. The Kier molecular flexibility index (Phi) is 3.42. The molecular weight excluding hydrogens is 256 g/mol. The fourth-order valence-electron chi connectivity index (χ4n) is 4.44. The number of morpholine rings is 1. The second-order valence-electron chi connectivity index (χ2n) is 6.60. The topological polar surface area (TPSA) is 65.6 Å². The van der Waals surface area contributed by atoms with Crippen LogP contribution in [0.3, 0.4) is 0 Å². The van der Waals surface area contributed by atoms with E-state index in [0.717, 1.165) is 39.1 Å². The zero-order valence-electron chi connectivity index (χ0n) is 11.8. The van der Waals surface area contributed by atoms with Gasteiger partial charge in [0.1, 0.15) is 0 Å². The Bertz CT molecular complexity index is 385. The minimum absolute atomic E-state index is 0.236. The summed E-state index contributed by atoms with van der Waals surface area (Å²) in [5.41, 5.74) is 6.97. The Balaban J connectivity index is 1.45. The molecule has 4 rings (SSSR count). The number of nitrogens with one attached hydrogen (secondary N) is 3. The summed E-state index contributed by atoms with van der Waals surface area (Å²) < 4.78 is 5.46. The van der Waals surface area contributed by atoms with Crippen LogP contribution in [0.2, 0.25) is 0 Å². The molecule has 0 aromatic heterocycles. The molecule has 0 radical (unpaired) electrons. The van der Waals surface area contributed by atoms with Crippen LogP contribution in [-0.4, -0.2) is 55.4 Å². The van der Waals surface area contributed by atoms with Crippen molar-refractivity contribution in [3.8, 4) is 0 Å². The molecule has 3 N–H and O–H groups in total. The molecule has 1 amide bonds. The third kappa shape index (κ3) is 2.24. The number of rotatable bonds is 1. The molecule has 0 spiro atoms. The molecule has 6 nitrogen and oxygen atoms in total. The lowest BCUT2D eigenvalue weighted by Crippen LogP contribution is -2.55. The Labute approximate surface area is 119 Å². The second-order valence-corrected chi connectivity index (χ2v) is 6.60. The summed E-state index contributed by atoms with van der Waals surface area (Å²) in [4.78, 5) is 14.1. The predicted molar refractivity (Wildman–Crippen MR) is 73.6 cm³/mol. The molecule has 1 aliphatic carbocycles. The second kappa shape index (κ2) is 5.26. The minimum Gasteiger partial charge on any atom is -0.379 e. The number of carbonyl (C=O) groups is 1. The molecule has 6 heteroatoms. The van der Waals surface area contributed by atoms with Crippen molar-refractivity contribution in [1.82, 2.24) is 21.1 Å². The first-order chi connectivity index (χ1) is 9.81. The van der Waals surface area contributed by atoms with Gasteiger partial charge in [0.2, 0.25) is 5.91 Å². The van der Waals surface area contributed by atoms with Gasteiger partial charge in [0.05, 0.1) is 19.4 Å². The van der Waals surface area contributed by atoms with Crippen molar-refractivity contribution in [2.24, 2.45) is 11.8 Å². The van der Waals surface area contributed by atoms with Gasteiger partial charge < -0.3 is 10.1 Å². The molecule has 4 aliphatic rings. The molecule has 4 fully saturated rings. The highest BCUT2D eigenvalue weighted by molar-refractivity contribution is 5.77. The van der Waals surface area contributed by atoms with E-state index in [9.17, 15) is 4.79 Å². The fourth-order valence-corrected chi connectivity index (χ4v) is 4.44. The number of hydrogen-bond acceptors (Lipinski definition) is 5. The highest BCUT2D eigenvalue weighted by Crippen LogP contribution is 2.38. The van der Waals surface area contributed by atoms with Gasteiger partial charge >= 0.3 is 0 Å². The summed E-state index contributed by atoms with van der Waals surface area (Å²) >= 11 is 0. The van der Waals surface area contributed by atoms with Crippen LogP contribution in [0.25, 0.3) is 0 Å². The molecular formula is C14H24N4O2. The maximum absolute atomic E-state index is 11.6. The average Bonchev–Trinajstić information content (AvgIpc) is 2.88. The van der Waals surface area contributed by atoms with E-state index in [0.29, 0.717) is 36.5 Å². The first-order valence-electron chi connectivity index (χ1n) is 7.93. The molecule has 5 unspecified atom stereocenters. The molecule has 0 aromatic carbocycles. The summed E-state index contributed by atoms with van der Waals surface area (Å²) in [5.74, 6) is 1.56. The van der Waals surface area contributed by atoms with Gasteiger partial charge in [-0.3, -0.25) is 15.1 Å². The highest BCUT2D eigenvalue weighted by atomic mass is 16.5. The first-order valence-corrected chi connectivity index (χ1v) is 7.93. The summed E-state index contributed by atoms with van der Waals surface area (Å²) in [6.45, 7) is 3.73. The first kappa shape index (κ1) is 13.0. The Morgan fingerprint density at radius 1 is 1.10 bits per heavy atom. The van der Waals surface area contributed by atoms with Crippen molar-refractivity contribution in [1.29, 1.82) is 0 Å². The molecule has 0 bridgehead atoms. The summed E-state index contributed by atoms with van der Waals surface area (Å²) in [7, 11) is 0. The Morgan fingerprint density at radius 2 is 1.95 bits per heavy atom. The van der Waals surface area contributed by atoms with Crippen molar-refractivity contribution in [3.63, 3.8) is 0 Å². The maximum Gasteiger partial charge on any atom is 0.220 e. The molecule has 20 heavy (non-hydrogen) atoms. The molecule has 5 atom stereocenters. The van der Waals surface area contributed by atoms with Gasteiger partial charge in [-0.1, -0.05) is 0 Å². The van der Waals surface area contributed by atoms with Crippen molar-refractivity contribution >= 4 is 5.91 Å². The maximum atomic E-state index is 11.6. The standard InChI is InChI=1S/C14H24N4O2/c19-13-2-1-9-7-10-12(8-11(9)15-13)16-17-14(10)18-3-5-20-6-4-18/h9-12,14,16-17H,1-8H2,(H,15,19). The highest BCUT2D eigenvalue weighted by Gasteiger charge is 2.47. The molecule has 3 aliphatic heterocycles. The van der Waals surface area contributed by atoms with Gasteiger partial charge in [0.15, 0.2) is 0 Å². The zero-order valence-corrected chi connectivity index (χ0v) is 11.8. The average molecular weight is 280 g/mol. The predicted octanol–water partition coefficient (Wildman–Crippen LogP) is -0.574. The van der Waals surface area contributed by atoms with Gasteiger partial charge in [-0.15, -0.1) is 0 Å². The minimum atomic E-state index is 0.236. The zero-order chi connectivity index (χ0) is 13.5. The van der Waals surface area contributed by atoms with E-state index in [1.165, 1.54) is 6.42 Å². The van der Waals surface area contributed by atoms with Crippen molar-refractivity contribution in [2.45, 2.75) is 43.9 Å². The monoisotopic (exact) mass is 280 g/mol. The van der Waals surface area contributed by atoms with Crippen molar-refractivity contribution in [2.75, 3.05) is 26.3 Å². The Morgan fingerprint density at radius 3 is 2.80 bits per heavy atom. The van der Waals surface area contributed by atoms with Gasteiger partial charge in [0.25, 0.3) is 0 Å². The number of amides is 1. The van der Waals surface area contributed by atoms with E-state index < -0.39 is 0 Å². The summed E-state index contributed by atoms with van der Waals surface area (Å²) in [6, 6.07) is 0.873. The van der Waals surface area contributed by atoms with E-state index in [1.54, 1.807) is 0 Å². The number of fused-ring (bicyclic) bond motifs is 2. The van der Waals surface area contributed by atoms with Crippen LogP contribution in [0.5, 0.6) is 0 Å². The summed E-state index contributed by atoms with van der Waals surface area (Å²) in [6.07, 6.45) is 4.49. The lowest BCUT2D eigenvalue weighted by molar-refractivity contribution is -0.125. The smallest absolute Gasteiger partial charge is 0.220 e. The third-order valence-electron chi connectivity index (χ3n) is 5.52. The van der Waals surface area contributed by atoms with Gasteiger partial charge in [-0.25, -0.2) is 5.43 Å². The number of hydrogen-bond donors (Lipinski definition) is 3. The lowest BCUT2D eigenvalue weighted by Gasteiger charge is -2.44. The number of piperidine rings is 1. The number of nitrogens with zero attached hydrogens (tertiary/aromatic N) is 1. The van der Waals surface area contributed by atoms with Gasteiger partial charge in [0, 0.05) is 37.5 Å². The quantitative estimate of drug-likeness (QED) is 0.600. The van der Waals surface area contributed by atoms with E-state index in [4.69, 9.17) is 4.74 Å². The number of hydrazine groups is 1. The lowest BCUT2D eigenvalue weighted by atomic mass is 9.71. The van der Waals surface area contributed by atoms with Gasteiger partial charge in [-0.05, 0) is 25.2 Å². The van der Waals surface area contributed by atoms with Gasteiger partial charge in [-0.2, -0.15) is 0 Å². The normalized spacial score (nSPS) is 45.6. The van der Waals surface area contributed by atoms with Crippen LogP contribution in [0, 0.1) is 11.8 Å². The Hall–Kier alpha value is -0.690. The molecule has 0 aromatic rings. The van der Waals surface area contributed by atoms with E-state index in [1.807, 2.05) is 0 Å². The van der Waals surface area contributed by atoms with E-state index in [2.05, 4.69) is 21.1 Å². The van der Waals surface area contributed by atoms with Crippen LogP contribution in [-0.2, 0) is 9.53 Å². The van der Waals surface area contributed by atoms with Crippen LogP contribution < -0.4 is 16.2 Å². The van der Waals surface area contributed by atoms with Crippen LogP contribution >= 0.6 is 0 Å². The number of carbonyl (C=O) groups excluding carboxylic acids is 1. The van der Waals surface area contributed by atoms with E-state index >= 15 is 0 Å². The largest absolute Gasteiger partial charge is 0.379 e. The van der Waals surface area contributed by atoms with Crippen LogP contribution in [0.15, 0.2) is 0 Å². The molecule has 3 saturated heterocycles.